The number of nitrogens with one attached hydrogen (secondary N) is 1. The Morgan fingerprint density at radius 1 is 0.903 bits per heavy atom. The Bertz CT molecular complexity index is 915. The first kappa shape index (κ1) is 21.7. The van der Waals surface area contributed by atoms with Crippen LogP contribution in [0.2, 0.25) is 0 Å². The lowest BCUT2D eigenvalue weighted by molar-refractivity contribution is -0.142. The van der Waals surface area contributed by atoms with Crippen LogP contribution in [0, 0.1) is 5.16 Å². The van der Waals surface area contributed by atoms with E-state index in [2.05, 4.69) is 33.6 Å². The van der Waals surface area contributed by atoms with Crippen molar-refractivity contribution in [2.75, 3.05) is 29.0 Å². The molecule has 0 spiro atoms. The Morgan fingerprint density at radius 2 is 1.42 bits per heavy atom. The molecule has 0 radical (unpaired) electrons. The van der Waals surface area contributed by atoms with Crippen molar-refractivity contribution < 1.29 is 9.53 Å². The highest BCUT2D eigenvalue weighted by atomic mass is 31.2. The summed E-state index contributed by atoms with van der Waals surface area (Å²) in [5.41, 5.74) is 3.43. The maximum absolute atomic E-state index is 12.7. The summed E-state index contributed by atoms with van der Waals surface area (Å²) in [7, 11) is -2.74. The van der Waals surface area contributed by atoms with Gasteiger partial charge in [-0.1, -0.05) is 48.4 Å². The van der Waals surface area contributed by atoms with E-state index in [9.17, 15) is 9.96 Å². The van der Waals surface area contributed by atoms with E-state index < -0.39 is 7.36 Å². The summed E-state index contributed by atoms with van der Waals surface area (Å²) >= 11 is 0. The second-order valence-electron chi connectivity index (χ2n) is 8.11. The molecule has 2 fully saturated rings. The zero-order valence-electron chi connectivity index (χ0n) is 18.3. The largest absolute Gasteiger partial charge is 0.466 e. The number of allylic oxidation sites excluding steroid dienone is 1. The molecule has 164 valence electrons. The quantitative estimate of drug-likeness (QED) is 0.399. The maximum atomic E-state index is 12.7. The van der Waals surface area contributed by atoms with Gasteiger partial charge in [-0.15, -0.1) is 0 Å². The molecule has 5 nitrogen and oxygen atoms in total. The molecule has 2 aromatic carbocycles. The molecule has 1 heterocycles. The Balaban J connectivity index is 1.86. The fraction of sp³-hybridized carbons (Fsp3) is 0.400. The molecular formula is C25H32N3O2P. The van der Waals surface area contributed by atoms with Gasteiger partial charge in [-0.05, 0) is 56.9 Å². The third kappa shape index (κ3) is 4.43. The molecule has 0 bridgehead atoms. The van der Waals surface area contributed by atoms with Crippen molar-refractivity contribution in [3.63, 3.8) is 0 Å². The molecule has 1 saturated heterocycles. The zero-order chi connectivity index (χ0) is 21.7. The molecule has 1 aliphatic carbocycles. The number of ether oxygens (including phenoxy) is 1. The summed E-state index contributed by atoms with van der Waals surface area (Å²) in [5.74, 6) is -0.213. The Kier molecular flexibility index (Phi) is 6.82. The molecule has 0 atom stereocenters. The normalized spacial score (nSPS) is 18.2. The molecule has 6 heteroatoms. The molecule has 1 N–H and O–H groups in total. The van der Waals surface area contributed by atoms with Crippen molar-refractivity contribution >= 4 is 24.7 Å². The van der Waals surface area contributed by atoms with Gasteiger partial charge in [-0.3, -0.25) is 9.96 Å². The van der Waals surface area contributed by atoms with E-state index in [-0.39, 0.29) is 12.4 Å². The first-order chi connectivity index (χ1) is 15.1. The molecule has 4 rings (SSSR count). The van der Waals surface area contributed by atoms with Crippen LogP contribution in [0.3, 0.4) is 0 Å². The van der Waals surface area contributed by atoms with E-state index >= 15 is 0 Å². The summed E-state index contributed by atoms with van der Waals surface area (Å²) in [6.07, 6.45) is 5.69. The van der Waals surface area contributed by atoms with Gasteiger partial charge in [0.1, 0.15) is 0 Å². The fourth-order valence-corrected chi connectivity index (χ4v) is 8.32. The number of esters is 1. The van der Waals surface area contributed by atoms with Crippen LogP contribution in [0.4, 0.5) is 11.4 Å². The third-order valence-electron chi connectivity index (χ3n) is 6.19. The van der Waals surface area contributed by atoms with Gasteiger partial charge in [0.2, 0.25) is 0 Å². The average molecular weight is 438 g/mol. The number of carbonyl (C=O) groups is 1. The monoisotopic (exact) mass is 437 g/mol. The summed E-state index contributed by atoms with van der Waals surface area (Å²) in [4.78, 5) is 12.7. The van der Waals surface area contributed by atoms with Gasteiger partial charge in [0, 0.05) is 29.8 Å². The van der Waals surface area contributed by atoms with E-state index in [0.717, 1.165) is 55.5 Å². The van der Waals surface area contributed by atoms with Gasteiger partial charge >= 0.3 is 5.97 Å². The van der Waals surface area contributed by atoms with E-state index in [1.165, 1.54) is 12.0 Å². The molecule has 31 heavy (non-hydrogen) atoms. The fourth-order valence-electron chi connectivity index (χ4n) is 4.76. The Labute approximate surface area is 185 Å². The standard InChI is InChI=1S/C25H32N3O2P/c1-2-30-25(29)20-24(21-12-6-3-7-13-21)31(26)27(22-14-8-4-9-15-22)18-19-28(31)23-16-10-5-11-17-23/h4-5,8-11,14-17,26H,2-3,6-7,12-13,18-20H2,1H3. The molecule has 1 saturated carbocycles. The summed E-state index contributed by atoms with van der Waals surface area (Å²) in [6, 6.07) is 20.5. The lowest BCUT2D eigenvalue weighted by Crippen LogP contribution is -2.23. The van der Waals surface area contributed by atoms with Crippen molar-refractivity contribution in [3.8, 4) is 0 Å². The molecule has 0 aromatic heterocycles. The average Bonchev–Trinajstić information content (AvgIpc) is 3.17. The predicted molar refractivity (Wildman–Crippen MR) is 129 cm³/mol. The van der Waals surface area contributed by atoms with Gasteiger partial charge < -0.3 is 14.1 Å². The second-order valence-corrected chi connectivity index (χ2v) is 10.8. The van der Waals surface area contributed by atoms with Crippen LogP contribution in [0.1, 0.15) is 45.4 Å². The lowest BCUT2D eigenvalue weighted by atomic mass is 9.94. The highest BCUT2D eigenvalue weighted by Crippen LogP contribution is 2.68. The minimum atomic E-state index is -2.74. The molecule has 0 amide bonds. The van der Waals surface area contributed by atoms with Crippen molar-refractivity contribution in [3.05, 3.63) is 71.6 Å². The summed E-state index contributed by atoms with van der Waals surface area (Å²) in [6.45, 7) is 3.76. The summed E-state index contributed by atoms with van der Waals surface area (Å²) in [5, 5.41) is 11.1. The van der Waals surface area contributed by atoms with E-state index in [4.69, 9.17) is 4.74 Å². The van der Waals surface area contributed by atoms with Gasteiger partial charge in [0.25, 0.3) is 0 Å². The number of hydrogen-bond donors (Lipinski definition) is 1. The van der Waals surface area contributed by atoms with Gasteiger partial charge in [-0.25, -0.2) is 0 Å². The van der Waals surface area contributed by atoms with Crippen LogP contribution >= 0.6 is 7.36 Å². The lowest BCUT2D eigenvalue weighted by Gasteiger charge is -2.39. The number of nitrogens with zero attached hydrogens (tertiary/aromatic N) is 2. The number of rotatable bonds is 6. The molecule has 2 aliphatic rings. The van der Waals surface area contributed by atoms with Crippen LogP contribution in [0.15, 0.2) is 71.6 Å². The van der Waals surface area contributed by atoms with Crippen LogP contribution in [0.25, 0.3) is 0 Å². The third-order valence-corrected chi connectivity index (χ3v) is 9.68. The highest BCUT2D eigenvalue weighted by molar-refractivity contribution is 7.72. The molecule has 0 unspecified atom stereocenters. The van der Waals surface area contributed by atoms with E-state index in [1.807, 2.05) is 43.3 Å². The number of para-hydroxylation sites is 2. The number of anilines is 2. The topological polar surface area (TPSA) is 56.6 Å². The number of carbonyl (C=O) groups excluding carboxylic acids is 1. The van der Waals surface area contributed by atoms with Crippen molar-refractivity contribution in [2.45, 2.75) is 45.4 Å². The first-order valence-corrected chi connectivity index (χ1v) is 13.0. The first-order valence-electron chi connectivity index (χ1n) is 11.3. The van der Waals surface area contributed by atoms with Crippen LogP contribution in [0.5, 0.6) is 0 Å². The smallest absolute Gasteiger partial charge is 0.310 e. The SMILES string of the molecule is CCOC(=O)CC(=C1CCCCC1)P1(=N)N(c2ccccc2)CCN1c1ccccc1. The van der Waals surface area contributed by atoms with Gasteiger partial charge in [0.05, 0.1) is 13.0 Å². The summed E-state index contributed by atoms with van der Waals surface area (Å²) < 4.78 is 9.89. The van der Waals surface area contributed by atoms with Crippen molar-refractivity contribution in [1.82, 2.24) is 0 Å². The maximum Gasteiger partial charge on any atom is 0.310 e. The van der Waals surface area contributed by atoms with Crippen molar-refractivity contribution in [1.29, 1.82) is 5.16 Å². The predicted octanol–water partition coefficient (Wildman–Crippen LogP) is 6.79. The van der Waals surface area contributed by atoms with Gasteiger partial charge in [-0.2, -0.15) is 0 Å². The van der Waals surface area contributed by atoms with Crippen LogP contribution < -0.4 is 9.34 Å². The number of hydrogen-bond acceptors (Lipinski definition) is 3. The highest BCUT2D eigenvalue weighted by Gasteiger charge is 2.44. The molecule has 1 aliphatic heterocycles. The number of benzene rings is 2. The second kappa shape index (κ2) is 9.74. The Hall–Kier alpha value is -2.52. The minimum absolute atomic E-state index is 0.213. The van der Waals surface area contributed by atoms with Crippen molar-refractivity contribution in [2.24, 2.45) is 0 Å². The van der Waals surface area contributed by atoms with Gasteiger partial charge in [0.15, 0.2) is 7.36 Å². The van der Waals surface area contributed by atoms with Crippen LogP contribution in [-0.2, 0) is 9.53 Å². The van der Waals surface area contributed by atoms with E-state index in [0.29, 0.717) is 6.61 Å². The Morgan fingerprint density at radius 3 is 1.90 bits per heavy atom. The minimum Gasteiger partial charge on any atom is -0.466 e. The molecule has 2 aromatic rings. The zero-order valence-corrected chi connectivity index (χ0v) is 19.2. The van der Waals surface area contributed by atoms with Crippen LogP contribution in [-0.4, -0.2) is 25.7 Å². The molecular weight excluding hydrogens is 405 g/mol. The van der Waals surface area contributed by atoms with E-state index in [1.54, 1.807) is 0 Å².